The molecule has 3 rings (SSSR count). The van der Waals surface area contributed by atoms with Gasteiger partial charge in [-0.1, -0.05) is 37.3 Å². The Kier molecular flexibility index (Phi) is 7.09. The molecule has 0 spiro atoms. The molecule has 0 unspecified atom stereocenters. The Bertz CT molecular complexity index is 883. The van der Waals surface area contributed by atoms with Gasteiger partial charge in [-0.3, -0.25) is 4.79 Å². The summed E-state index contributed by atoms with van der Waals surface area (Å²) in [4.78, 5) is 13.7. The maximum Gasteiger partial charge on any atom is 0.265 e. The van der Waals surface area contributed by atoms with Crippen LogP contribution in [0.3, 0.4) is 0 Å². The van der Waals surface area contributed by atoms with Crippen LogP contribution in [-0.2, 0) is 10.5 Å². The van der Waals surface area contributed by atoms with E-state index in [1.807, 2.05) is 49.4 Å². The van der Waals surface area contributed by atoms with Gasteiger partial charge in [0.25, 0.3) is 5.91 Å². The Labute approximate surface area is 168 Å². The normalized spacial score (nSPS) is 11.6. The Morgan fingerprint density at radius 3 is 2.32 bits per heavy atom. The molecule has 0 heterocycles. The van der Waals surface area contributed by atoms with Crippen LogP contribution < -0.4 is 10.1 Å². The molecule has 3 aromatic carbocycles. The van der Waals surface area contributed by atoms with Crippen LogP contribution in [0, 0.1) is 5.82 Å². The number of carbonyl (C=O) groups excluding carboxylic acids is 1. The van der Waals surface area contributed by atoms with Gasteiger partial charge >= 0.3 is 0 Å². The van der Waals surface area contributed by atoms with Crippen molar-refractivity contribution in [2.24, 2.45) is 0 Å². The molecule has 5 heteroatoms. The molecule has 0 fully saturated rings. The monoisotopic (exact) mass is 395 g/mol. The summed E-state index contributed by atoms with van der Waals surface area (Å²) in [6.45, 7) is 1.87. The van der Waals surface area contributed by atoms with Gasteiger partial charge in [-0.2, -0.15) is 0 Å². The van der Waals surface area contributed by atoms with E-state index in [0.717, 1.165) is 11.4 Å². The number of thioether (sulfide) groups is 1. The lowest BCUT2D eigenvalue weighted by molar-refractivity contribution is -0.122. The third-order valence-electron chi connectivity index (χ3n) is 4.13. The summed E-state index contributed by atoms with van der Waals surface area (Å²) in [6, 6.07) is 23.7. The number of ether oxygens (including phenoxy) is 1. The lowest BCUT2D eigenvalue weighted by Gasteiger charge is -2.17. The number of rotatable bonds is 8. The van der Waals surface area contributed by atoms with Crippen molar-refractivity contribution in [3.8, 4) is 5.75 Å². The first kappa shape index (κ1) is 20.0. The molecule has 0 aliphatic rings. The van der Waals surface area contributed by atoms with Crippen molar-refractivity contribution in [3.63, 3.8) is 0 Å². The number of anilines is 1. The third-order valence-corrected chi connectivity index (χ3v) is 5.21. The van der Waals surface area contributed by atoms with Gasteiger partial charge in [0.05, 0.1) is 0 Å². The summed E-state index contributed by atoms with van der Waals surface area (Å²) in [7, 11) is 0. The molecule has 3 nitrogen and oxygen atoms in total. The molecule has 0 bridgehead atoms. The maximum absolute atomic E-state index is 13.0. The standard InChI is InChI=1S/C23H22FNO2S/c1-2-22(27-20-14-10-18(24)11-15-20)23(26)25-19-12-8-17(9-13-19)16-28-21-6-4-3-5-7-21/h3-15,22H,2,16H2,1H3,(H,25,26)/t22-/m0/s1. The molecule has 1 atom stereocenters. The van der Waals surface area contributed by atoms with Crippen molar-refractivity contribution in [2.45, 2.75) is 30.1 Å². The van der Waals surface area contributed by atoms with Crippen LogP contribution >= 0.6 is 11.8 Å². The molecule has 0 radical (unpaired) electrons. The molecule has 0 saturated heterocycles. The predicted octanol–water partition coefficient (Wildman–Crippen LogP) is 5.91. The zero-order chi connectivity index (χ0) is 19.8. The maximum atomic E-state index is 13.0. The van der Waals surface area contributed by atoms with Crippen molar-refractivity contribution < 1.29 is 13.9 Å². The minimum atomic E-state index is -0.640. The van der Waals surface area contributed by atoms with Crippen molar-refractivity contribution in [3.05, 3.63) is 90.2 Å². The molecule has 0 saturated carbocycles. The number of amides is 1. The quantitative estimate of drug-likeness (QED) is 0.482. The van der Waals surface area contributed by atoms with E-state index in [-0.39, 0.29) is 11.7 Å². The van der Waals surface area contributed by atoms with E-state index in [0.29, 0.717) is 12.2 Å². The summed E-state index contributed by atoms with van der Waals surface area (Å²) in [5, 5.41) is 2.88. The number of carbonyl (C=O) groups is 1. The predicted molar refractivity (Wildman–Crippen MR) is 112 cm³/mol. The van der Waals surface area contributed by atoms with Crippen molar-refractivity contribution >= 4 is 23.4 Å². The first-order valence-corrected chi connectivity index (χ1v) is 10.1. The third kappa shape index (κ3) is 5.86. The molecule has 0 aliphatic heterocycles. The van der Waals surface area contributed by atoms with Gasteiger partial charge in [0, 0.05) is 16.3 Å². The highest BCUT2D eigenvalue weighted by Gasteiger charge is 2.18. The average Bonchev–Trinajstić information content (AvgIpc) is 2.73. The van der Waals surface area contributed by atoms with Gasteiger partial charge in [-0.25, -0.2) is 4.39 Å². The summed E-state index contributed by atoms with van der Waals surface area (Å²) in [6.07, 6.45) is -0.131. The zero-order valence-electron chi connectivity index (χ0n) is 15.6. The van der Waals surface area contributed by atoms with Crippen LogP contribution in [0.2, 0.25) is 0 Å². The summed E-state index contributed by atoms with van der Waals surface area (Å²) in [5.41, 5.74) is 1.90. The SMILES string of the molecule is CC[C@H](Oc1ccc(F)cc1)C(=O)Nc1ccc(CSc2ccccc2)cc1. The van der Waals surface area contributed by atoms with Crippen LogP contribution in [0.1, 0.15) is 18.9 Å². The van der Waals surface area contributed by atoms with Gasteiger partial charge in [0.15, 0.2) is 6.10 Å². The van der Waals surface area contributed by atoms with Gasteiger partial charge in [0.1, 0.15) is 11.6 Å². The molecule has 3 aromatic rings. The van der Waals surface area contributed by atoms with Gasteiger partial charge < -0.3 is 10.1 Å². The van der Waals surface area contributed by atoms with Crippen molar-refractivity contribution in [2.75, 3.05) is 5.32 Å². The van der Waals surface area contributed by atoms with Crippen LogP contribution in [0.15, 0.2) is 83.8 Å². The first-order valence-electron chi connectivity index (χ1n) is 9.14. The Morgan fingerprint density at radius 2 is 1.68 bits per heavy atom. The topological polar surface area (TPSA) is 38.3 Å². The molecular weight excluding hydrogens is 373 g/mol. The largest absolute Gasteiger partial charge is 0.481 e. The van der Waals surface area contributed by atoms with E-state index in [1.165, 1.54) is 34.7 Å². The highest BCUT2D eigenvalue weighted by atomic mass is 32.2. The highest BCUT2D eigenvalue weighted by Crippen LogP contribution is 2.23. The van der Waals surface area contributed by atoms with Gasteiger partial charge in [-0.05, 0) is 60.5 Å². The van der Waals surface area contributed by atoms with Crippen LogP contribution in [-0.4, -0.2) is 12.0 Å². The van der Waals surface area contributed by atoms with Crippen molar-refractivity contribution in [1.82, 2.24) is 0 Å². The minimum Gasteiger partial charge on any atom is -0.481 e. The lowest BCUT2D eigenvalue weighted by Crippen LogP contribution is -2.32. The number of halogens is 1. The first-order chi connectivity index (χ1) is 13.6. The van der Waals surface area contributed by atoms with Crippen molar-refractivity contribution in [1.29, 1.82) is 0 Å². The fraction of sp³-hybridized carbons (Fsp3) is 0.174. The number of benzene rings is 3. The molecular formula is C23H22FNO2S. The average molecular weight is 395 g/mol. The molecule has 0 aliphatic carbocycles. The molecule has 1 amide bonds. The van der Waals surface area contributed by atoms with E-state index in [2.05, 4.69) is 17.4 Å². The molecule has 1 N–H and O–H groups in total. The van der Waals surface area contributed by atoms with E-state index in [9.17, 15) is 9.18 Å². The Hall–Kier alpha value is -2.79. The van der Waals surface area contributed by atoms with E-state index < -0.39 is 6.10 Å². The summed E-state index contributed by atoms with van der Waals surface area (Å²) < 4.78 is 18.7. The number of hydrogen-bond donors (Lipinski definition) is 1. The summed E-state index contributed by atoms with van der Waals surface area (Å²) in [5.74, 6) is 0.772. The minimum absolute atomic E-state index is 0.224. The van der Waals surface area contributed by atoms with Gasteiger partial charge in [0.2, 0.25) is 0 Å². The number of nitrogens with one attached hydrogen (secondary N) is 1. The van der Waals surface area contributed by atoms with E-state index >= 15 is 0 Å². The smallest absolute Gasteiger partial charge is 0.265 e. The van der Waals surface area contributed by atoms with Crippen LogP contribution in [0.25, 0.3) is 0 Å². The number of hydrogen-bond acceptors (Lipinski definition) is 3. The van der Waals surface area contributed by atoms with Crippen LogP contribution in [0.5, 0.6) is 5.75 Å². The Morgan fingerprint density at radius 1 is 1.00 bits per heavy atom. The lowest BCUT2D eigenvalue weighted by atomic mass is 10.2. The highest BCUT2D eigenvalue weighted by molar-refractivity contribution is 7.98. The van der Waals surface area contributed by atoms with E-state index in [4.69, 9.17) is 4.74 Å². The molecule has 0 aromatic heterocycles. The van der Waals surface area contributed by atoms with E-state index in [1.54, 1.807) is 11.8 Å². The fourth-order valence-electron chi connectivity index (χ4n) is 2.59. The fourth-order valence-corrected chi connectivity index (χ4v) is 3.47. The Balaban J connectivity index is 1.54. The molecule has 144 valence electrons. The second-order valence-corrected chi connectivity index (χ2v) is 7.31. The van der Waals surface area contributed by atoms with Gasteiger partial charge in [-0.15, -0.1) is 11.8 Å². The van der Waals surface area contributed by atoms with Crippen LogP contribution in [0.4, 0.5) is 10.1 Å². The summed E-state index contributed by atoms with van der Waals surface area (Å²) >= 11 is 1.77. The second kappa shape index (κ2) is 9.95. The zero-order valence-corrected chi connectivity index (χ0v) is 16.4. The second-order valence-electron chi connectivity index (χ2n) is 6.26. The molecule has 28 heavy (non-hydrogen) atoms.